The van der Waals surface area contributed by atoms with E-state index in [1.54, 1.807) is 4.90 Å². The van der Waals surface area contributed by atoms with Gasteiger partial charge >= 0.3 is 0 Å². The van der Waals surface area contributed by atoms with Gasteiger partial charge in [0.05, 0.1) is 24.0 Å². The number of carbonyl (C=O) groups is 2. The van der Waals surface area contributed by atoms with Crippen molar-refractivity contribution in [2.45, 2.75) is 39.3 Å². The molecule has 4 aromatic rings. The molecule has 6 nitrogen and oxygen atoms in total. The molecule has 0 unspecified atom stereocenters. The van der Waals surface area contributed by atoms with Gasteiger partial charge in [-0.1, -0.05) is 80.1 Å². The van der Waals surface area contributed by atoms with Crippen molar-refractivity contribution < 1.29 is 9.59 Å². The summed E-state index contributed by atoms with van der Waals surface area (Å²) in [6.45, 7) is 3.31. The number of nitrogens with zero attached hydrogens (tertiary/aromatic N) is 3. The molecule has 0 bridgehead atoms. The molecule has 0 aliphatic rings. The van der Waals surface area contributed by atoms with E-state index in [0.29, 0.717) is 5.82 Å². The number of hydrogen-bond acceptors (Lipinski definition) is 3. The topological polar surface area (TPSA) is 67.2 Å². The third kappa shape index (κ3) is 6.15. The maximum atomic E-state index is 12.8. The molecular formula is C29H32N4O2. The highest BCUT2D eigenvalue weighted by atomic mass is 16.2. The molecule has 2 amide bonds. The van der Waals surface area contributed by atoms with E-state index in [1.807, 2.05) is 78.3 Å². The number of fused-ring (bicyclic) bond motifs is 1. The Hall–Kier alpha value is -3.93. The number of amides is 2. The van der Waals surface area contributed by atoms with Gasteiger partial charge in [-0.05, 0) is 35.2 Å². The van der Waals surface area contributed by atoms with Crippen LogP contribution < -0.4 is 5.32 Å². The Balaban J connectivity index is 1.41. The molecule has 180 valence electrons. The molecule has 0 spiro atoms. The number of rotatable bonds is 10. The molecule has 0 atom stereocenters. The zero-order valence-corrected chi connectivity index (χ0v) is 20.4. The molecular weight excluding hydrogens is 436 g/mol. The molecule has 0 fully saturated rings. The van der Waals surface area contributed by atoms with E-state index in [9.17, 15) is 9.59 Å². The number of hydrogen-bond donors (Lipinski definition) is 1. The predicted octanol–water partition coefficient (Wildman–Crippen LogP) is 4.82. The lowest BCUT2D eigenvalue weighted by Crippen LogP contribution is -2.32. The van der Waals surface area contributed by atoms with Crippen LogP contribution in [-0.2, 0) is 29.1 Å². The molecule has 1 N–H and O–H groups in total. The zero-order valence-electron chi connectivity index (χ0n) is 20.4. The summed E-state index contributed by atoms with van der Waals surface area (Å²) in [7, 11) is 1.83. The van der Waals surface area contributed by atoms with Gasteiger partial charge in [-0.3, -0.25) is 9.59 Å². The third-order valence-electron chi connectivity index (χ3n) is 6.17. The quantitative estimate of drug-likeness (QED) is 0.363. The van der Waals surface area contributed by atoms with Crippen LogP contribution in [0.3, 0.4) is 0 Å². The van der Waals surface area contributed by atoms with E-state index in [-0.39, 0.29) is 31.3 Å². The van der Waals surface area contributed by atoms with Crippen molar-refractivity contribution in [2.75, 3.05) is 13.6 Å². The Morgan fingerprint density at radius 2 is 1.60 bits per heavy atom. The number of aromatic nitrogens is 2. The smallest absolute Gasteiger partial charge is 0.242 e. The van der Waals surface area contributed by atoms with E-state index in [4.69, 9.17) is 0 Å². The summed E-state index contributed by atoms with van der Waals surface area (Å²) in [6, 6.07) is 26.0. The fraction of sp³-hybridized carbons (Fsp3) is 0.276. The van der Waals surface area contributed by atoms with Crippen molar-refractivity contribution in [2.24, 2.45) is 0 Å². The van der Waals surface area contributed by atoms with Crippen LogP contribution in [-0.4, -0.2) is 39.9 Å². The summed E-state index contributed by atoms with van der Waals surface area (Å²) in [5.41, 5.74) is 4.93. The average molecular weight is 469 g/mol. The third-order valence-corrected chi connectivity index (χ3v) is 6.17. The van der Waals surface area contributed by atoms with Gasteiger partial charge in [-0.2, -0.15) is 0 Å². The number of benzene rings is 3. The minimum atomic E-state index is -0.0811. The van der Waals surface area contributed by atoms with Crippen LogP contribution in [0.5, 0.6) is 0 Å². The van der Waals surface area contributed by atoms with Crippen molar-refractivity contribution in [1.29, 1.82) is 0 Å². The Morgan fingerprint density at radius 1 is 0.914 bits per heavy atom. The first kappa shape index (κ1) is 24.2. The number of likely N-dealkylation sites (N-methyl/N-ethyl adjacent to an activating group) is 1. The second-order valence-electron chi connectivity index (χ2n) is 8.79. The highest BCUT2D eigenvalue weighted by Gasteiger charge is 2.16. The standard InChI is InChI=1S/C29H32N4O2/c1-3-4-18-32(2)29(35)21-33-26-13-9-8-12-25(26)31-27(33)20-30-28(34)19-22-14-16-24(17-15-22)23-10-6-5-7-11-23/h5-17H,3-4,18-21H2,1-2H3,(H,30,34). The zero-order chi connectivity index (χ0) is 24.6. The summed E-state index contributed by atoms with van der Waals surface area (Å²) < 4.78 is 1.91. The second-order valence-corrected chi connectivity index (χ2v) is 8.79. The van der Waals surface area contributed by atoms with E-state index >= 15 is 0 Å². The van der Waals surface area contributed by atoms with Crippen LogP contribution in [0.4, 0.5) is 0 Å². The molecule has 0 aliphatic carbocycles. The van der Waals surface area contributed by atoms with Crippen LogP contribution in [0.25, 0.3) is 22.2 Å². The van der Waals surface area contributed by atoms with Crippen LogP contribution in [0.15, 0.2) is 78.9 Å². The van der Waals surface area contributed by atoms with Gasteiger partial charge < -0.3 is 14.8 Å². The molecule has 4 rings (SSSR count). The van der Waals surface area contributed by atoms with Crippen LogP contribution in [0, 0.1) is 0 Å². The lowest BCUT2D eigenvalue weighted by molar-refractivity contribution is -0.130. The summed E-state index contributed by atoms with van der Waals surface area (Å²) in [6.07, 6.45) is 2.30. The van der Waals surface area contributed by atoms with E-state index in [2.05, 4.69) is 29.4 Å². The van der Waals surface area contributed by atoms with Crippen LogP contribution in [0.1, 0.15) is 31.2 Å². The van der Waals surface area contributed by atoms with Crippen LogP contribution >= 0.6 is 0 Å². The highest BCUT2D eigenvalue weighted by molar-refractivity contribution is 5.82. The number of carbonyl (C=O) groups excluding carboxylic acids is 2. The lowest BCUT2D eigenvalue weighted by atomic mass is 10.0. The molecule has 1 aromatic heterocycles. The summed E-state index contributed by atoms with van der Waals surface area (Å²) in [5, 5.41) is 2.98. The van der Waals surface area contributed by atoms with Crippen molar-refractivity contribution >= 4 is 22.8 Å². The fourth-order valence-corrected chi connectivity index (χ4v) is 4.08. The Labute approximate surface area is 206 Å². The van der Waals surface area contributed by atoms with Gasteiger partial charge in [-0.25, -0.2) is 4.98 Å². The van der Waals surface area contributed by atoms with Crippen molar-refractivity contribution in [3.8, 4) is 11.1 Å². The Kier molecular flexibility index (Phi) is 7.93. The lowest BCUT2D eigenvalue weighted by Gasteiger charge is -2.18. The van der Waals surface area contributed by atoms with Gasteiger partial charge in [0.15, 0.2) is 0 Å². The van der Waals surface area contributed by atoms with Gasteiger partial charge in [-0.15, -0.1) is 0 Å². The normalized spacial score (nSPS) is 10.9. The molecule has 0 aliphatic heterocycles. The first-order valence-corrected chi connectivity index (χ1v) is 12.1. The van der Waals surface area contributed by atoms with E-state index in [0.717, 1.165) is 47.1 Å². The molecule has 0 saturated carbocycles. The van der Waals surface area contributed by atoms with Crippen molar-refractivity contribution in [3.63, 3.8) is 0 Å². The molecule has 3 aromatic carbocycles. The van der Waals surface area contributed by atoms with Gasteiger partial charge in [0.2, 0.25) is 11.8 Å². The van der Waals surface area contributed by atoms with Gasteiger partial charge in [0.25, 0.3) is 0 Å². The summed E-state index contributed by atoms with van der Waals surface area (Å²) >= 11 is 0. The van der Waals surface area contributed by atoms with Crippen molar-refractivity contribution in [3.05, 3.63) is 90.3 Å². The first-order valence-electron chi connectivity index (χ1n) is 12.1. The summed E-state index contributed by atoms with van der Waals surface area (Å²) in [4.78, 5) is 32.0. The number of unbranched alkanes of at least 4 members (excludes halogenated alkanes) is 1. The molecule has 1 heterocycles. The first-order chi connectivity index (χ1) is 17.0. The highest BCUT2D eigenvalue weighted by Crippen LogP contribution is 2.20. The Bertz CT molecular complexity index is 1280. The maximum Gasteiger partial charge on any atom is 0.242 e. The number of para-hydroxylation sites is 2. The SMILES string of the molecule is CCCCN(C)C(=O)Cn1c(CNC(=O)Cc2ccc(-c3ccccc3)cc2)nc2ccccc21. The molecule has 35 heavy (non-hydrogen) atoms. The number of nitrogens with one attached hydrogen (secondary N) is 1. The van der Waals surface area contributed by atoms with Gasteiger partial charge in [0.1, 0.15) is 12.4 Å². The molecule has 0 radical (unpaired) electrons. The monoisotopic (exact) mass is 468 g/mol. The van der Waals surface area contributed by atoms with Crippen molar-refractivity contribution in [1.82, 2.24) is 19.8 Å². The molecule has 6 heteroatoms. The minimum Gasteiger partial charge on any atom is -0.349 e. The average Bonchev–Trinajstić information content (AvgIpc) is 3.24. The largest absolute Gasteiger partial charge is 0.349 e. The maximum absolute atomic E-state index is 12.8. The second kappa shape index (κ2) is 11.5. The van der Waals surface area contributed by atoms with E-state index < -0.39 is 0 Å². The Morgan fingerprint density at radius 3 is 2.34 bits per heavy atom. The van der Waals surface area contributed by atoms with Gasteiger partial charge in [0, 0.05) is 13.6 Å². The van der Waals surface area contributed by atoms with Crippen LogP contribution in [0.2, 0.25) is 0 Å². The fourth-order valence-electron chi connectivity index (χ4n) is 4.08. The summed E-state index contributed by atoms with van der Waals surface area (Å²) in [5.74, 6) is 0.631. The number of imidazole rings is 1. The van der Waals surface area contributed by atoms with E-state index in [1.165, 1.54) is 0 Å². The molecule has 0 saturated heterocycles. The predicted molar refractivity (Wildman–Crippen MR) is 140 cm³/mol. The minimum absolute atomic E-state index is 0.0349.